The van der Waals surface area contributed by atoms with Gasteiger partial charge in [-0.3, -0.25) is 9.59 Å². The molecule has 1 aliphatic heterocycles. The van der Waals surface area contributed by atoms with E-state index in [2.05, 4.69) is 0 Å². The summed E-state index contributed by atoms with van der Waals surface area (Å²) in [6.45, 7) is 1.47. The first kappa shape index (κ1) is 21.0. The summed E-state index contributed by atoms with van der Waals surface area (Å²) >= 11 is 0. The Morgan fingerprint density at radius 2 is 1.69 bits per heavy atom. The Kier molecular flexibility index (Phi) is 6.69. The molecule has 1 amide bonds. The van der Waals surface area contributed by atoms with Crippen molar-refractivity contribution in [2.75, 3.05) is 23.0 Å². The molecule has 0 saturated carbocycles. The minimum absolute atomic E-state index is 0.0555. The monoisotopic (exact) mass is 415 g/mol. The number of nitrogens with zero attached hydrogens (tertiary/aromatic N) is 1. The van der Waals surface area contributed by atoms with Crippen LogP contribution in [0.25, 0.3) is 0 Å². The highest BCUT2D eigenvalue weighted by Gasteiger charge is 2.36. The van der Waals surface area contributed by atoms with E-state index in [4.69, 9.17) is 4.74 Å². The number of carbonyl (C=O) groups excluding carboxylic acids is 2. The van der Waals surface area contributed by atoms with Gasteiger partial charge in [0.25, 0.3) is 5.91 Å². The zero-order chi connectivity index (χ0) is 20.9. The van der Waals surface area contributed by atoms with E-state index in [0.717, 1.165) is 5.56 Å². The largest absolute Gasteiger partial charge is 0.455 e. The van der Waals surface area contributed by atoms with Crippen LogP contribution in [0, 0.1) is 0 Å². The van der Waals surface area contributed by atoms with E-state index in [1.165, 1.54) is 4.90 Å². The first-order chi connectivity index (χ1) is 13.9. The van der Waals surface area contributed by atoms with Gasteiger partial charge >= 0.3 is 5.97 Å². The number of benzene rings is 2. The van der Waals surface area contributed by atoms with Crippen molar-refractivity contribution in [2.24, 2.45) is 0 Å². The van der Waals surface area contributed by atoms with Gasteiger partial charge in [0.1, 0.15) is 0 Å². The van der Waals surface area contributed by atoms with Crippen molar-refractivity contribution in [3.63, 3.8) is 0 Å². The van der Waals surface area contributed by atoms with Gasteiger partial charge in [0.05, 0.1) is 23.5 Å². The Balaban J connectivity index is 1.72. The fourth-order valence-electron chi connectivity index (χ4n) is 3.65. The van der Waals surface area contributed by atoms with Crippen molar-refractivity contribution in [3.8, 4) is 0 Å². The molecule has 1 aliphatic rings. The zero-order valence-electron chi connectivity index (χ0n) is 16.4. The lowest BCUT2D eigenvalue weighted by Gasteiger charge is -2.28. The SMILES string of the molecule is CC[C@H](C(=O)OCC(=O)N(c1ccccc1)[C@H]1CCS(=O)(=O)C1)c1ccccc1. The standard InChI is InChI=1S/C22H25NO5S/c1-2-20(17-9-5-3-6-10-17)22(25)28-15-21(24)23(18-11-7-4-8-12-18)19-13-14-29(26,27)16-19/h3-12,19-20H,2,13-16H2,1H3/t19-,20-/m0/s1. The summed E-state index contributed by atoms with van der Waals surface area (Å²) in [5, 5.41) is 0. The third-order valence-electron chi connectivity index (χ3n) is 5.11. The molecule has 1 saturated heterocycles. The Bertz CT molecular complexity index is 944. The summed E-state index contributed by atoms with van der Waals surface area (Å²) in [5.41, 5.74) is 1.44. The van der Waals surface area contributed by atoms with Crippen LogP contribution in [0.1, 0.15) is 31.2 Å². The van der Waals surface area contributed by atoms with Crippen molar-refractivity contribution in [3.05, 3.63) is 66.2 Å². The van der Waals surface area contributed by atoms with E-state index >= 15 is 0 Å². The van der Waals surface area contributed by atoms with E-state index in [0.29, 0.717) is 18.5 Å². The van der Waals surface area contributed by atoms with Gasteiger partial charge in [-0.05, 0) is 30.5 Å². The van der Waals surface area contributed by atoms with E-state index in [1.807, 2.05) is 43.3 Å². The van der Waals surface area contributed by atoms with E-state index in [1.54, 1.807) is 24.3 Å². The number of para-hydroxylation sites is 1. The number of amides is 1. The van der Waals surface area contributed by atoms with Crippen molar-refractivity contribution in [1.29, 1.82) is 0 Å². The van der Waals surface area contributed by atoms with Gasteiger partial charge in [0, 0.05) is 5.69 Å². The molecule has 29 heavy (non-hydrogen) atoms. The molecule has 2 aromatic carbocycles. The summed E-state index contributed by atoms with van der Waals surface area (Å²) in [6, 6.07) is 17.7. The molecule has 0 N–H and O–H groups in total. The van der Waals surface area contributed by atoms with Gasteiger partial charge in [-0.1, -0.05) is 55.5 Å². The molecule has 0 spiro atoms. The number of sulfone groups is 1. The maximum absolute atomic E-state index is 12.9. The molecule has 0 unspecified atom stereocenters. The highest BCUT2D eigenvalue weighted by Crippen LogP contribution is 2.25. The minimum Gasteiger partial charge on any atom is -0.455 e. The second kappa shape index (κ2) is 9.22. The highest BCUT2D eigenvalue weighted by molar-refractivity contribution is 7.91. The normalized spacial score (nSPS) is 18.7. The van der Waals surface area contributed by atoms with Gasteiger partial charge in [0.2, 0.25) is 0 Å². The molecule has 2 aromatic rings. The second-order valence-corrected chi connectivity index (χ2v) is 9.36. The predicted molar refractivity (Wildman–Crippen MR) is 111 cm³/mol. The number of hydrogen-bond donors (Lipinski definition) is 0. The van der Waals surface area contributed by atoms with E-state index in [-0.39, 0.29) is 11.5 Å². The first-order valence-corrected chi connectivity index (χ1v) is 11.5. The number of carbonyl (C=O) groups is 2. The quantitative estimate of drug-likeness (QED) is 0.650. The molecular formula is C22H25NO5S. The molecule has 3 rings (SSSR count). The van der Waals surface area contributed by atoms with Crippen molar-refractivity contribution in [2.45, 2.75) is 31.7 Å². The molecule has 1 heterocycles. The van der Waals surface area contributed by atoms with Crippen LogP contribution >= 0.6 is 0 Å². The lowest BCUT2D eigenvalue weighted by molar-refractivity contribution is -0.149. The fraction of sp³-hybridized carbons (Fsp3) is 0.364. The third-order valence-corrected chi connectivity index (χ3v) is 6.86. The molecule has 2 atom stereocenters. The maximum Gasteiger partial charge on any atom is 0.313 e. The highest BCUT2D eigenvalue weighted by atomic mass is 32.2. The van der Waals surface area contributed by atoms with Crippen LogP contribution in [-0.4, -0.2) is 44.4 Å². The Morgan fingerprint density at radius 3 is 2.24 bits per heavy atom. The van der Waals surface area contributed by atoms with Crippen LogP contribution in [-0.2, 0) is 24.2 Å². The van der Waals surface area contributed by atoms with E-state index in [9.17, 15) is 18.0 Å². The molecule has 0 bridgehead atoms. The number of anilines is 1. The summed E-state index contributed by atoms with van der Waals surface area (Å²) in [7, 11) is -3.17. The zero-order valence-corrected chi connectivity index (χ0v) is 17.2. The minimum atomic E-state index is -3.17. The topological polar surface area (TPSA) is 80.8 Å². The van der Waals surface area contributed by atoms with Gasteiger partial charge in [-0.25, -0.2) is 8.42 Å². The number of rotatable bonds is 7. The van der Waals surface area contributed by atoms with Crippen LogP contribution in [0.2, 0.25) is 0 Å². The molecular weight excluding hydrogens is 390 g/mol. The van der Waals surface area contributed by atoms with Gasteiger partial charge in [0.15, 0.2) is 16.4 Å². The number of esters is 1. The van der Waals surface area contributed by atoms with Crippen molar-refractivity contribution < 1.29 is 22.7 Å². The average Bonchev–Trinajstić information content (AvgIpc) is 3.08. The predicted octanol–water partition coefficient (Wildman–Crippen LogP) is 2.94. The van der Waals surface area contributed by atoms with E-state index < -0.39 is 40.3 Å². The van der Waals surface area contributed by atoms with Crippen LogP contribution in [0.3, 0.4) is 0 Å². The molecule has 154 valence electrons. The fourth-order valence-corrected chi connectivity index (χ4v) is 5.35. The van der Waals surface area contributed by atoms with Gasteiger partial charge in [-0.2, -0.15) is 0 Å². The molecule has 0 aromatic heterocycles. The summed E-state index contributed by atoms with van der Waals surface area (Å²) < 4.78 is 29.2. The second-order valence-electron chi connectivity index (χ2n) is 7.14. The Labute approximate surface area is 171 Å². The van der Waals surface area contributed by atoms with Crippen LogP contribution in [0.5, 0.6) is 0 Å². The van der Waals surface area contributed by atoms with Crippen molar-refractivity contribution >= 4 is 27.4 Å². The number of ether oxygens (including phenoxy) is 1. The van der Waals surface area contributed by atoms with Crippen LogP contribution in [0.15, 0.2) is 60.7 Å². The van der Waals surface area contributed by atoms with Crippen LogP contribution < -0.4 is 4.90 Å². The maximum atomic E-state index is 12.9. The van der Waals surface area contributed by atoms with Gasteiger partial charge < -0.3 is 9.64 Å². The smallest absolute Gasteiger partial charge is 0.313 e. The van der Waals surface area contributed by atoms with Crippen molar-refractivity contribution in [1.82, 2.24) is 0 Å². The van der Waals surface area contributed by atoms with Gasteiger partial charge in [-0.15, -0.1) is 0 Å². The summed E-state index contributed by atoms with van der Waals surface area (Å²) in [5.74, 6) is -1.35. The lowest BCUT2D eigenvalue weighted by Crippen LogP contribution is -2.43. The summed E-state index contributed by atoms with van der Waals surface area (Å²) in [4.78, 5) is 27.0. The third kappa shape index (κ3) is 5.23. The Hall–Kier alpha value is -2.67. The Morgan fingerprint density at radius 1 is 1.07 bits per heavy atom. The number of hydrogen-bond acceptors (Lipinski definition) is 5. The molecule has 6 nitrogen and oxygen atoms in total. The summed E-state index contributed by atoms with van der Waals surface area (Å²) in [6.07, 6.45) is 0.929. The first-order valence-electron chi connectivity index (χ1n) is 9.70. The lowest BCUT2D eigenvalue weighted by atomic mass is 9.97. The molecule has 1 fully saturated rings. The van der Waals surface area contributed by atoms with Crippen LogP contribution in [0.4, 0.5) is 5.69 Å². The average molecular weight is 416 g/mol. The molecule has 7 heteroatoms. The molecule has 0 radical (unpaired) electrons. The molecule has 0 aliphatic carbocycles.